The van der Waals surface area contributed by atoms with Gasteiger partial charge in [-0.3, -0.25) is 4.79 Å². The number of aliphatic hydroxyl groups is 1. The summed E-state index contributed by atoms with van der Waals surface area (Å²) in [5.41, 5.74) is 1.29. The number of esters is 1. The molecule has 2 atom stereocenters. The van der Waals surface area contributed by atoms with Crippen LogP contribution in [-0.2, 0) is 9.53 Å². The van der Waals surface area contributed by atoms with E-state index in [1.54, 1.807) is 43.3 Å². The molecule has 0 bridgehead atoms. The first-order chi connectivity index (χ1) is 11.1. The molecule has 0 spiro atoms. The summed E-state index contributed by atoms with van der Waals surface area (Å²) in [5.74, 6) is -1.46. The molecule has 4 heteroatoms. The molecule has 0 aromatic heterocycles. The van der Waals surface area contributed by atoms with Crippen molar-refractivity contribution in [2.24, 2.45) is 0 Å². The second-order valence-electron chi connectivity index (χ2n) is 5.21. The molecule has 0 radical (unpaired) electrons. The Hall–Kier alpha value is -2.46. The molecule has 0 fully saturated rings. The molecular weight excluding hydrogens is 292 g/mol. The second kappa shape index (κ2) is 8.25. The largest absolute Gasteiger partial charge is 0.464 e. The molecule has 0 unspecified atom stereocenters. The van der Waals surface area contributed by atoms with Gasteiger partial charge in [0.25, 0.3) is 0 Å². The van der Waals surface area contributed by atoms with Crippen molar-refractivity contribution in [1.29, 1.82) is 0 Å². The maximum atomic E-state index is 12.5. The first-order valence-electron chi connectivity index (χ1n) is 7.61. The van der Waals surface area contributed by atoms with Gasteiger partial charge in [-0.05, 0) is 12.5 Å². The zero-order valence-corrected chi connectivity index (χ0v) is 13.0. The molecule has 0 heterocycles. The van der Waals surface area contributed by atoms with E-state index in [9.17, 15) is 14.7 Å². The van der Waals surface area contributed by atoms with Crippen LogP contribution in [-0.4, -0.2) is 29.6 Å². The summed E-state index contributed by atoms with van der Waals surface area (Å²) in [6.07, 6.45) is -1.33. The molecule has 2 aromatic carbocycles. The van der Waals surface area contributed by atoms with Gasteiger partial charge < -0.3 is 9.84 Å². The molecule has 2 aromatic rings. The minimum atomic E-state index is -1.37. The topological polar surface area (TPSA) is 63.6 Å². The number of Topliss-reactive ketones (excluding diaryl/α,β-unsaturated/α-hetero) is 1. The van der Waals surface area contributed by atoms with Gasteiger partial charge in [0.1, 0.15) is 0 Å². The van der Waals surface area contributed by atoms with Crippen LogP contribution in [0.2, 0.25) is 0 Å². The highest BCUT2D eigenvalue weighted by molar-refractivity contribution is 5.97. The summed E-state index contributed by atoms with van der Waals surface area (Å²) in [6.45, 7) is 1.86. The summed E-state index contributed by atoms with van der Waals surface area (Å²) in [5, 5.41) is 10.3. The van der Waals surface area contributed by atoms with E-state index >= 15 is 0 Å². The lowest BCUT2D eigenvalue weighted by atomic mass is 9.87. The van der Waals surface area contributed by atoms with Gasteiger partial charge in [0.15, 0.2) is 11.9 Å². The molecule has 0 amide bonds. The van der Waals surface area contributed by atoms with Gasteiger partial charge >= 0.3 is 5.97 Å². The predicted molar refractivity (Wildman–Crippen MR) is 87.2 cm³/mol. The summed E-state index contributed by atoms with van der Waals surface area (Å²) in [4.78, 5) is 24.3. The van der Waals surface area contributed by atoms with E-state index < -0.39 is 18.0 Å². The van der Waals surface area contributed by atoms with Crippen LogP contribution in [0.25, 0.3) is 0 Å². The number of benzene rings is 2. The fourth-order valence-electron chi connectivity index (χ4n) is 2.45. The number of rotatable bonds is 7. The van der Waals surface area contributed by atoms with Crippen molar-refractivity contribution in [3.8, 4) is 0 Å². The fraction of sp³-hybridized carbons (Fsp3) is 0.263. The molecule has 2 rings (SSSR count). The monoisotopic (exact) mass is 312 g/mol. The lowest BCUT2D eigenvalue weighted by Crippen LogP contribution is -2.31. The van der Waals surface area contributed by atoms with Crippen LogP contribution in [0, 0.1) is 0 Å². The lowest BCUT2D eigenvalue weighted by Gasteiger charge is -2.21. The minimum absolute atomic E-state index is 0.0357. The highest BCUT2D eigenvalue weighted by Crippen LogP contribution is 2.26. The van der Waals surface area contributed by atoms with Gasteiger partial charge in [-0.25, -0.2) is 4.79 Å². The van der Waals surface area contributed by atoms with E-state index in [0.717, 1.165) is 5.56 Å². The summed E-state index contributed by atoms with van der Waals surface area (Å²) in [6, 6.07) is 17.9. The van der Waals surface area contributed by atoms with Crippen LogP contribution < -0.4 is 0 Å². The first kappa shape index (κ1) is 16.9. The smallest absolute Gasteiger partial charge is 0.335 e. The maximum absolute atomic E-state index is 12.5. The third kappa shape index (κ3) is 4.50. The lowest BCUT2D eigenvalue weighted by molar-refractivity contribution is -0.154. The predicted octanol–water partition coefficient (Wildman–Crippen LogP) is 2.97. The molecule has 0 saturated heterocycles. The van der Waals surface area contributed by atoms with Crippen LogP contribution in [0.3, 0.4) is 0 Å². The molecule has 120 valence electrons. The molecular formula is C19H20O4. The Morgan fingerprint density at radius 2 is 1.57 bits per heavy atom. The van der Waals surface area contributed by atoms with E-state index in [2.05, 4.69) is 0 Å². The number of ketones is 1. The van der Waals surface area contributed by atoms with Crippen molar-refractivity contribution >= 4 is 11.8 Å². The summed E-state index contributed by atoms with van der Waals surface area (Å²) >= 11 is 0. The number of ether oxygens (including phenoxy) is 1. The molecule has 0 aliphatic carbocycles. The van der Waals surface area contributed by atoms with Crippen LogP contribution in [0.15, 0.2) is 60.7 Å². The van der Waals surface area contributed by atoms with Crippen molar-refractivity contribution in [3.05, 3.63) is 71.8 Å². The third-order valence-electron chi connectivity index (χ3n) is 3.64. The number of hydrogen-bond acceptors (Lipinski definition) is 4. The van der Waals surface area contributed by atoms with Crippen molar-refractivity contribution < 1.29 is 19.4 Å². The Kier molecular flexibility index (Phi) is 6.06. The number of carbonyl (C=O) groups is 2. The average molecular weight is 312 g/mol. The highest BCUT2D eigenvalue weighted by atomic mass is 16.5. The van der Waals surface area contributed by atoms with E-state index in [0.29, 0.717) is 5.56 Å². The molecule has 1 N–H and O–H groups in total. The van der Waals surface area contributed by atoms with Gasteiger partial charge in [0, 0.05) is 17.9 Å². The zero-order chi connectivity index (χ0) is 16.7. The highest BCUT2D eigenvalue weighted by Gasteiger charge is 2.30. The second-order valence-corrected chi connectivity index (χ2v) is 5.21. The van der Waals surface area contributed by atoms with Crippen LogP contribution in [0.1, 0.15) is 35.2 Å². The minimum Gasteiger partial charge on any atom is -0.464 e. The number of aliphatic hydroxyl groups excluding tert-OH is 1. The van der Waals surface area contributed by atoms with E-state index in [-0.39, 0.29) is 18.8 Å². The molecule has 0 aliphatic rings. The standard InChI is InChI=1S/C19H20O4/c1-2-23-19(22)18(21)16(14-9-5-3-6-10-14)13-17(20)15-11-7-4-8-12-15/h3-12,16,18,21H,2,13H2,1H3/t16-,18-/m1/s1. The first-order valence-corrected chi connectivity index (χ1v) is 7.61. The van der Waals surface area contributed by atoms with Gasteiger partial charge in [-0.15, -0.1) is 0 Å². The summed E-state index contributed by atoms with van der Waals surface area (Å²) < 4.78 is 4.89. The number of carbonyl (C=O) groups excluding carboxylic acids is 2. The van der Waals surface area contributed by atoms with Crippen molar-refractivity contribution in [2.75, 3.05) is 6.61 Å². The van der Waals surface area contributed by atoms with Crippen LogP contribution in [0.5, 0.6) is 0 Å². The van der Waals surface area contributed by atoms with Crippen molar-refractivity contribution in [3.63, 3.8) is 0 Å². The Labute approximate surface area is 135 Å². The number of hydrogen-bond donors (Lipinski definition) is 1. The van der Waals surface area contributed by atoms with Gasteiger partial charge in [-0.1, -0.05) is 60.7 Å². The third-order valence-corrected chi connectivity index (χ3v) is 3.64. The SMILES string of the molecule is CCOC(=O)[C@H](O)[C@H](CC(=O)c1ccccc1)c1ccccc1. The van der Waals surface area contributed by atoms with Crippen LogP contribution >= 0.6 is 0 Å². The summed E-state index contributed by atoms with van der Waals surface area (Å²) in [7, 11) is 0. The Morgan fingerprint density at radius 1 is 1.00 bits per heavy atom. The van der Waals surface area contributed by atoms with E-state index in [1.165, 1.54) is 0 Å². The zero-order valence-electron chi connectivity index (χ0n) is 13.0. The molecule has 0 aliphatic heterocycles. The fourth-order valence-corrected chi connectivity index (χ4v) is 2.45. The van der Waals surface area contributed by atoms with E-state index in [4.69, 9.17) is 4.74 Å². The Morgan fingerprint density at radius 3 is 2.13 bits per heavy atom. The van der Waals surface area contributed by atoms with Crippen LogP contribution in [0.4, 0.5) is 0 Å². The average Bonchev–Trinajstić information content (AvgIpc) is 2.60. The van der Waals surface area contributed by atoms with Gasteiger partial charge in [0.2, 0.25) is 0 Å². The van der Waals surface area contributed by atoms with Gasteiger partial charge in [-0.2, -0.15) is 0 Å². The van der Waals surface area contributed by atoms with E-state index in [1.807, 2.05) is 24.3 Å². The Bertz CT molecular complexity index is 637. The molecule has 4 nitrogen and oxygen atoms in total. The maximum Gasteiger partial charge on any atom is 0.335 e. The normalized spacial score (nSPS) is 13.1. The van der Waals surface area contributed by atoms with Crippen molar-refractivity contribution in [2.45, 2.75) is 25.4 Å². The molecule has 0 saturated carbocycles. The quantitative estimate of drug-likeness (QED) is 0.630. The molecule has 23 heavy (non-hydrogen) atoms. The van der Waals surface area contributed by atoms with Gasteiger partial charge in [0.05, 0.1) is 6.61 Å². The Balaban J connectivity index is 2.23. The van der Waals surface area contributed by atoms with Crippen molar-refractivity contribution in [1.82, 2.24) is 0 Å².